The molecule has 1 atom stereocenters. The minimum atomic E-state index is -0.255. The molecule has 0 spiro atoms. The number of ether oxygens (including phenoxy) is 1. The number of hydrogen-bond acceptors (Lipinski definition) is 5. The molecule has 1 aromatic carbocycles. The Hall–Kier alpha value is -1.83. The second-order valence-corrected chi connectivity index (χ2v) is 6.54. The molecule has 1 unspecified atom stereocenters. The van der Waals surface area contributed by atoms with Gasteiger partial charge in [0.15, 0.2) is 5.69 Å². The van der Waals surface area contributed by atoms with Crippen LogP contribution >= 0.6 is 24.0 Å². The molecule has 0 radical (unpaired) electrons. The van der Waals surface area contributed by atoms with E-state index in [-0.39, 0.29) is 24.4 Å². The van der Waals surface area contributed by atoms with Gasteiger partial charge in [-0.3, -0.25) is 4.79 Å². The maximum atomic E-state index is 12.2. The van der Waals surface area contributed by atoms with Gasteiger partial charge in [-0.2, -0.15) is 0 Å². The summed E-state index contributed by atoms with van der Waals surface area (Å²) in [6.45, 7) is 4.14. The molecule has 3 rings (SSSR count). The van der Waals surface area contributed by atoms with E-state index in [0.717, 1.165) is 25.9 Å². The van der Waals surface area contributed by atoms with Crippen molar-refractivity contribution >= 4 is 29.9 Å². The molecule has 142 valence electrons. The summed E-state index contributed by atoms with van der Waals surface area (Å²) in [5, 5.41) is 14.8. The summed E-state index contributed by atoms with van der Waals surface area (Å²) in [4.78, 5) is 12.2. The van der Waals surface area contributed by atoms with E-state index in [2.05, 4.69) is 20.9 Å². The largest absolute Gasteiger partial charge is 0.487 e. The van der Waals surface area contributed by atoms with Crippen LogP contribution in [0.25, 0.3) is 0 Å². The number of para-hydroxylation sites is 1. The van der Waals surface area contributed by atoms with E-state index in [1.54, 1.807) is 23.0 Å². The highest BCUT2D eigenvalue weighted by molar-refractivity contribution is 6.32. The maximum absolute atomic E-state index is 12.2. The summed E-state index contributed by atoms with van der Waals surface area (Å²) < 4.78 is 7.53. The van der Waals surface area contributed by atoms with E-state index < -0.39 is 0 Å². The Labute approximate surface area is 163 Å². The van der Waals surface area contributed by atoms with Crippen molar-refractivity contribution in [1.29, 1.82) is 0 Å². The Bertz CT molecular complexity index is 719. The van der Waals surface area contributed by atoms with E-state index in [9.17, 15) is 4.79 Å². The number of aromatic nitrogens is 3. The molecular weight excluding hydrogens is 377 g/mol. The van der Waals surface area contributed by atoms with Gasteiger partial charge in [-0.05, 0) is 45.0 Å². The lowest BCUT2D eigenvalue weighted by molar-refractivity contribution is 0.0927. The van der Waals surface area contributed by atoms with Crippen LogP contribution in [0.3, 0.4) is 0 Å². The first-order valence-corrected chi connectivity index (χ1v) is 8.83. The standard InChI is InChI=1S/C17H22ClN5O2.ClH/c1-12(25-16-5-3-2-4-14(16)18)10-20-17(24)15-11-23(22-21-15)13-6-8-19-9-7-13;/h2-5,11-13,19H,6-10H2,1H3,(H,20,24);1H. The molecule has 1 saturated heterocycles. The molecule has 1 aromatic heterocycles. The molecule has 0 saturated carbocycles. The van der Waals surface area contributed by atoms with Gasteiger partial charge >= 0.3 is 0 Å². The van der Waals surface area contributed by atoms with Crippen LogP contribution < -0.4 is 15.4 Å². The molecule has 26 heavy (non-hydrogen) atoms. The molecule has 9 heteroatoms. The van der Waals surface area contributed by atoms with E-state index in [1.165, 1.54) is 0 Å². The van der Waals surface area contributed by atoms with Crippen LogP contribution in [-0.2, 0) is 0 Å². The summed E-state index contributed by atoms with van der Waals surface area (Å²) >= 11 is 6.07. The fourth-order valence-corrected chi connectivity index (χ4v) is 2.94. The number of rotatable bonds is 6. The van der Waals surface area contributed by atoms with Crippen molar-refractivity contribution in [3.05, 3.63) is 41.2 Å². The maximum Gasteiger partial charge on any atom is 0.273 e. The summed E-state index contributed by atoms with van der Waals surface area (Å²) in [7, 11) is 0. The molecular formula is C17H23Cl2N5O2. The number of piperidine rings is 1. The minimum absolute atomic E-state index is 0. The fourth-order valence-electron chi connectivity index (χ4n) is 2.76. The van der Waals surface area contributed by atoms with Gasteiger partial charge in [0.25, 0.3) is 5.91 Å². The van der Waals surface area contributed by atoms with Crippen molar-refractivity contribution in [2.24, 2.45) is 0 Å². The number of amides is 1. The van der Waals surface area contributed by atoms with E-state index in [0.29, 0.717) is 29.1 Å². The summed E-state index contributed by atoms with van der Waals surface area (Å²) in [6.07, 6.45) is 3.48. The fraction of sp³-hybridized carbons (Fsp3) is 0.471. The Balaban J connectivity index is 0.00000243. The normalized spacial score (nSPS) is 15.8. The van der Waals surface area contributed by atoms with Crippen LogP contribution in [0.1, 0.15) is 36.3 Å². The van der Waals surface area contributed by atoms with E-state index >= 15 is 0 Å². The van der Waals surface area contributed by atoms with Gasteiger partial charge < -0.3 is 15.4 Å². The average molecular weight is 400 g/mol. The van der Waals surface area contributed by atoms with Crippen molar-refractivity contribution in [1.82, 2.24) is 25.6 Å². The Morgan fingerprint density at radius 2 is 2.15 bits per heavy atom. The lowest BCUT2D eigenvalue weighted by Crippen LogP contribution is -2.33. The quantitative estimate of drug-likeness (QED) is 0.779. The summed E-state index contributed by atoms with van der Waals surface area (Å²) in [5.74, 6) is 0.345. The van der Waals surface area contributed by atoms with Crippen molar-refractivity contribution in [2.75, 3.05) is 19.6 Å². The van der Waals surface area contributed by atoms with Crippen LogP contribution in [0.4, 0.5) is 0 Å². The third-order valence-corrected chi connectivity index (χ3v) is 4.45. The lowest BCUT2D eigenvalue weighted by atomic mass is 10.1. The summed E-state index contributed by atoms with van der Waals surface area (Å²) in [6, 6.07) is 7.56. The topological polar surface area (TPSA) is 81.1 Å². The molecule has 7 nitrogen and oxygen atoms in total. The molecule has 1 aliphatic rings. The van der Waals surface area contributed by atoms with Crippen molar-refractivity contribution < 1.29 is 9.53 Å². The van der Waals surface area contributed by atoms with Gasteiger partial charge in [-0.15, -0.1) is 17.5 Å². The first-order valence-electron chi connectivity index (χ1n) is 8.45. The third-order valence-electron chi connectivity index (χ3n) is 4.14. The minimum Gasteiger partial charge on any atom is -0.487 e. The molecule has 2 N–H and O–H groups in total. The number of benzene rings is 1. The molecule has 1 amide bonds. The first-order chi connectivity index (χ1) is 12.1. The van der Waals surface area contributed by atoms with E-state index in [4.69, 9.17) is 16.3 Å². The molecule has 2 aromatic rings. The van der Waals surface area contributed by atoms with Gasteiger partial charge in [0.1, 0.15) is 11.9 Å². The van der Waals surface area contributed by atoms with Crippen molar-refractivity contribution in [3.63, 3.8) is 0 Å². The van der Waals surface area contributed by atoms with E-state index in [1.807, 2.05) is 19.1 Å². The predicted molar refractivity (Wildman–Crippen MR) is 102 cm³/mol. The molecule has 1 aliphatic heterocycles. The Morgan fingerprint density at radius 1 is 1.42 bits per heavy atom. The molecule has 2 heterocycles. The van der Waals surface area contributed by atoms with Gasteiger partial charge in [0.05, 0.1) is 23.8 Å². The number of halogens is 2. The van der Waals surface area contributed by atoms with Crippen LogP contribution in [0, 0.1) is 0 Å². The monoisotopic (exact) mass is 399 g/mol. The lowest BCUT2D eigenvalue weighted by Gasteiger charge is -2.22. The number of nitrogens with one attached hydrogen (secondary N) is 2. The second kappa shape index (κ2) is 9.75. The van der Waals surface area contributed by atoms with Crippen LogP contribution in [0.15, 0.2) is 30.5 Å². The summed E-state index contributed by atoms with van der Waals surface area (Å²) in [5.41, 5.74) is 0.323. The Morgan fingerprint density at radius 3 is 2.88 bits per heavy atom. The van der Waals surface area contributed by atoms with Gasteiger partial charge in [0, 0.05) is 0 Å². The van der Waals surface area contributed by atoms with Crippen molar-refractivity contribution in [3.8, 4) is 5.75 Å². The molecule has 1 fully saturated rings. The molecule has 0 bridgehead atoms. The molecule has 0 aliphatic carbocycles. The van der Waals surface area contributed by atoms with Crippen molar-refractivity contribution in [2.45, 2.75) is 31.9 Å². The highest BCUT2D eigenvalue weighted by Crippen LogP contribution is 2.24. The highest BCUT2D eigenvalue weighted by atomic mass is 35.5. The van der Waals surface area contributed by atoms with Gasteiger partial charge in [-0.1, -0.05) is 28.9 Å². The number of nitrogens with zero attached hydrogens (tertiary/aromatic N) is 3. The number of hydrogen-bond donors (Lipinski definition) is 2. The Kier molecular flexibility index (Phi) is 7.68. The average Bonchev–Trinajstić information content (AvgIpc) is 3.13. The second-order valence-electron chi connectivity index (χ2n) is 6.13. The van der Waals surface area contributed by atoms with Gasteiger partial charge in [0.2, 0.25) is 0 Å². The van der Waals surface area contributed by atoms with Crippen LogP contribution in [0.2, 0.25) is 5.02 Å². The van der Waals surface area contributed by atoms with Crippen LogP contribution in [0.5, 0.6) is 5.75 Å². The SMILES string of the molecule is CC(CNC(=O)c1cn(C2CCNCC2)nn1)Oc1ccccc1Cl.Cl. The number of carbonyl (C=O) groups is 1. The third kappa shape index (κ3) is 5.33. The van der Waals surface area contributed by atoms with Gasteiger partial charge in [-0.25, -0.2) is 4.68 Å². The number of carbonyl (C=O) groups excluding carboxylic acids is 1. The van der Waals surface area contributed by atoms with Crippen LogP contribution in [-0.4, -0.2) is 46.6 Å². The first kappa shape index (κ1) is 20.5. The predicted octanol–water partition coefficient (Wildman–Crippen LogP) is 2.48. The zero-order chi connectivity index (χ0) is 17.6. The zero-order valence-corrected chi connectivity index (χ0v) is 16.1. The zero-order valence-electron chi connectivity index (χ0n) is 14.5. The smallest absolute Gasteiger partial charge is 0.273 e. The highest BCUT2D eigenvalue weighted by Gasteiger charge is 2.19.